The summed E-state index contributed by atoms with van der Waals surface area (Å²) in [7, 11) is 0. The first-order valence-electron chi connectivity index (χ1n) is 11.5. The minimum absolute atomic E-state index is 0.920. The van der Waals surface area contributed by atoms with Crippen molar-refractivity contribution in [3.05, 3.63) is 121 Å². The molecule has 0 spiro atoms. The Labute approximate surface area is 197 Å². The highest BCUT2D eigenvalue weighted by Crippen LogP contribution is 2.38. The van der Waals surface area contributed by atoms with Gasteiger partial charge in [0.2, 0.25) is 0 Å². The third-order valence-corrected chi connectivity index (χ3v) is 6.65. The zero-order valence-electron chi connectivity index (χ0n) is 18.5. The maximum Gasteiger partial charge on any atom is 0.136 e. The molecule has 0 bridgehead atoms. The molecule has 1 N–H and O–H groups in total. The van der Waals surface area contributed by atoms with Gasteiger partial charge in [0.1, 0.15) is 11.2 Å². The molecule has 0 radical (unpaired) electrons. The molecule has 160 valence electrons. The van der Waals surface area contributed by atoms with Crippen LogP contribution in [0.5, 0.6) is 0 Å². The summed E-state index contributed by atoms with van der Waals surface area (Å²) >= 11 is 0. The summed E-state index contributed by atoms with van der Waals surface area (Å²) in [5.41, 5.74) is 6.38. The number of nitrogens with one attached hydrogen (secondary N) is 1. The van der Waals surface area contributed by atoms with Crippen molar-refractivity contribution in [1.82, 2.24) is 0 Å². The molecule has 0 amide bonds. The third kappa shape index (κ3) is 2.96. The number of hydrogen-bond donors (Lipinski definition) is 1. The normalized spacial score (nSPS) is 11.5. The number of hydrogen-bond acceptors (Lipinski definition) is 2. The first-order valence-corrected chi connectivity index (χ1v) is 11.5. The van der Waals surface area contributed by atoms with E-state index in [0.29, 0.717) is 0 Å². The molecule has 34 heavy (non-hydrogen) atoms. The second kappa shape index (κ2) is 7.50. The SMILES string of the molecule is c1ccc2c(c1)cc(Nc1ccc(-c3cccc4oc5ccccc5c34)cc1)c1ccccc12. The highest BCUT2D eigenvalue weighted by atomic mass is 16.3. The molecule has 1 heterocycles. The Bertz CT molecular complexity index is 1830. The average molecular weight is 436 g/mol. The van der Waals surface area contributed by atoms with Crippen LogP contribution in [0.4, 0.5) is 11.4 Å². The van der Waals surface area contributed by atoms with Crippen molar-refractivity contribution in [3.8, 4) is 11.1 Å². The average Bonchev–Trinajstić information content (AvgIpc) is 3.28. The van der Waals surface area contributed by atoms with Crippen molar-refractivity contribution in [2.24, 2.45) is 0 Å². The van der Waals surface area contributed by atoms with E-state index in [-0.39, 0.29) is 0 Å². The smallest absolute Gasteiger partial charge is 0.136 e. The Morgan fingerprint density at radius 2 is 1.18 bits per heavy atom. The van der Waals surface area contributed by atoms with Crippen LogP contribution >= 0.6 is 0 Å². The maximum atomic E-state index is 6.08. The van der Waals surface area contributed by atoms with Crippen LogP contribution < -0.4 is 5.32 Å². The lowest BCUT2D eigenvalue weighted by molar-refractivity contribution is 0.669. The fourth-order valence-corrected chi connectivity index (χ4v) is 5.06. The number of rotatable bonds is 3. The summed E-state index contributed by atoms with van der Waals surface area (Å²) in [5, 5.41) is 11.0. The molecular formula is C32H21NO. The lowest BCUT2D eigenvalue weighted by Crippen LogP contribution is -1.92. The molecule has 0 aliphatic heterocycles. The molecule has 0 aliphatic rings. The van der Waals surface area contributed by atoms with E-state index in [9.17, 15) is 0 Å². The summed E-state index contributed by atoms with van der Waals surface area (Å²) in [6.07, 6.45) is 0. The Kier molecular flexibility index (Phi) is 4.18. The van der Waals surface area contributed by atoms with E-state index in [1.165, 1.54) is 38.1 Å². The van der Waals surface area contributed by atoms with Gasteiger partial charge in [-0.25, -0.2) is 0 Å². The van der Waals surface area contributed by atoms with E-state index < -0.39 is 0 Å². The summed E-state index contributed by atoms with van der Waals surface area (Å²) < 4.78 is 6.08. The minimum atomic E-state index is 0.920. The molecule has 7 rings (SSSR count). The molecule has 2 heteroatoms. The largest absolute Gasteiger partial charge is 0.456 e. The van der Waals surface area contributed by atoms with Crippen LogP contribution in [-0.4, -0.2) is 0 Å². The summed E-state index contributed by atoms with van der Waals surface area (Å²) in [5.74, 6) is 0. The zero-order valence-corrected chi connectivity index (χ0v) is 18.5. The molecule has 0 aliphatic carbocycles. The van der Waals surface area contributed by atoms with Gasteiger partial charge in [0.15, 0.2) is 0 Å². The first-order chi connectivity index (χ1) is 16.8. The molecule has 1 aromatic heterocycles. The van der Waals surface area contributed by atoms with Crippen molar-refractivity contribution in [2.75, 3.05) is 5.32 Å². The van der Waals surface area contributed by atoms with Gasteiger partial charge < -0.3 is 9.73 Å². The van der Waals surface area contributed by atoms with Crippen LogP contribution in [0.2, 0.25) is 0 Å². The van der Waals surface area contributed by atoms with Gasteiger partial charge in [-0.05, 0) is 57.6 Å². The maximum absolute atomic E-state index is 6.08. The fraction of sp³-hybridized carbons (Fsp3) is 0. The third-order valence-electron chi connectivity index (χ3n) is 6.65. The van der Waals surface area contributed by atoms with Gasteiger partial charge in [0.25, 0.3) is 0 Å². The van der Waals surface area contributed by atoms with Crippen LogP contribution in [0.3, 0.4) is 0 Å². The summed E-state index contributed by atoms with van der Waals surface area (Å²) in [4.78, 5) is 0. The number of para-hydroxylation sites is 1. The quantitative estimate of drug-likeness (QED) is 0.280. The molecule has 2 nitrogen and oxygen atoms in total. The molecule has 6 aromatic carbocycles. The predicted octanol–water partition coefficient (Wildman–Crippen LogP) is 9.30. The fourth-order valence-electron chi connectivity index (χ4n) is 5.06. The monoisotopic (exact) mass is 435 g/mol. The summed E-state index contributed by atoms with van der Waals surface area (Å²) in [6, 6.07) is 42.6. The molecular weight excluding hydrogens is 414 g/mol. The standard InChI is InChI=1S/C32H21NO/c1-2-9-24-22(8-1)20-29(27-11-4-3-10-26(24)27)33-23-18-16-21(17-19-23)25-13-7-15-31-32(25)28-12-5-6-14-30(28)34-31/h1-20,33H. The predicted molar refractivity (Wildman–Crippen MR) is 144 cm³/mol. The van der Waals surface area contributed by atoms with Crippen LogP contribution in [0.15, 0.2) is 126 Å². The van der Waals surface area contributed by atoms with Crippen LogP contribution in [-0.2, 0) is 0 Å². The molecule has 0 saturated carbocycles. The Hall–Kier alpha value is -4.56. The number of fused-ring (bicyclic) bond motifs is 6. The minimum Gasteiger partial charge on any atom is -0.456 e. The van der Waals surface area contributed by atoms with E-state index in [0.717, 1.165) is 27.9 Å². The summed E-state index contributed by atoms with van der Waals surface area (Å²) in [6.45, 7) is 0. The van der Waals surface area contributed by atoms with Crippen LogP contribution in [0, 0.1) is 0 Å². The molecule has 0 fully saturated rings. The second-order valence-electron chi connectivity index (χ2n) is 8.67. The van der Waals surface area contributed by atoms with E-state index in [4.69, 9.17) is 4.42 Å². The lowest BCUT2D eigenvalue weighted by atomic mass is 9.99. The van der Waals surface area contributed by atoms with Gasteiger partial charge >= 0.3 is 0 Å². The van der Waals surface area contributed by atoms with Crippen molar-refractivity contribution in [2.45, 2.75) is 0 Å². The molecule has 0 atom stereocenters. The number of benzene rings is 6. The zero-order chi connectivity index (χ0) is 22.5. The van der Waals surface area contributed by atoms with Crippen LogP contribution in [0.1, 0.15) is 0 Å². The molecule has 0 saturated heterocycles. The van der Waals surface area contributed by atoms with Crippen molar-refractivity contribution in [1.29, 1.82) is 0 Å². The van der Waals surface area contributed by atoms with Crippen molar-refractivity contribution >= 4 is 54.9 Å². The van der Waals surface area contributed by atoms with E-state index in [1.54, 1.807) is 0 Å². The number of furan rings is 1. The Morgan fingerprint density at radius 1 is 0.500 bits per heavy atom. The van der Waals surface area contributed by atoms with Gasteiger partial charge in [0.05, 0.1) is 0 Å². The topological polar surface area (TPSA) is 25.2 Å². The lowest BCUT2D eigenvalue weighted by Gasteiger charge is -2.13. The first kappa shape index (κ1) is 19.0. The molecule has 0 unspecified atom stereocenters. The van der Waals surface area contributed by atoms with Crippen molar-refractivity contribution < 1.29 is 4.42 Å². The van der Waals surface area contributed by atoms with Crippen molar-refractivity contribution in [3.63, 3.8) is 0 Å². The highest BCUT2D eigenvalue weighted by molar-refractivity contribution is 6.14. The highest BCUT2D eigenvalue weighted by Gasteiger charge is 2.12. The molecule has 7 aromatic rings. The van der Waals surface area contributed by atoms with Gasteiger partial charge in [-0.15, -0.1) is 0 Å². The van der Waals surface area contributed by atoms with E-state index in [1.807, 2.05) is 18.2 Å². The van der Waals surface area contributed by atoms with E-state index >= 15 is 0 Å². The van der Waals surface area contributed by atoms with E-state index in [2.05, 4.69) is 108 Å². The van der Waals surface area contributed by atoms with Crippen LogP contribution in [0.25, 0.3) is 54.6 Å². The van der Waals surface area contributed by atoms with Gasteiger partial charge in [0, 0.05) is 27.5 Å². The van der Waals surface area contributed by atoms with Gasteiger partial charge in [-0.1, -0.05) is 91.0 Å². The Balaban J connectivity index is 1.31. The second-order valence-corrected chi connectivity index (χ2v) is 8.67. The Morgan fingerprint density at radius 3 is 2.03 bits per heavy atom. The number of anilines is 2. The van der Waals surface area contributed by atoms with Gasteiger partial charge in [-0.3, -0.25) is 0 Å². The van der Waals surface area contributed by atoms with Gasteiger partial charge in [-0.2, -0.15) is 0 Å².